The number of hydrogen-bond acceptors (Lipinski definition) is 2. The van der Waals surface area contributed by atoms with Crippen molar-refractivity contribution in [3.63, 3.8) is 0 Å². The molecule has 0 aliphatic heterocycles. The van der Waals surface area contributed by atoms with E-state index >= 15 is 0 Å². The molecule has 0 aliphatic rings. The Morgan fingerprint density at radius 3 is 1.97 bits per heavy atom. The first kappa shape index (κ1) is 26.5. The number of amides is 2. The van der Waals surface area contributed by atoms with Gasteiger partial charge in [0.25, 0.3) is 0 Å². The maximum Gasteiger partial charge on any atom is 0.242 e. The van der Waals surface area contributed by atoms with Crippen LogP contribution in [-0.2, 0) is 16.1 Å². The van der Waals surface area contributed by atoms with Gasteiger partial charge in [-0.2, -0.15) is 0 Å². The van der Waals surface area contributed by atoms with Crippen molar-refractivity contribution in [2.24, 2.45) is 0 Å². The molecule has 0 saturated heterocycles. The van der Waals surface area contributed by atoms with E-state index in [4.69, 9.17) is 11.6 Å². The molecule has 1 unspecified atom stereocenters. The van der Waals surface area contributed by atoms with Gasteiger partial charge in [-0.25, -0.2) is 0 Å². The summed E-state index contributed by atoms with van der Waals surface area (Å²) >= 11 is 6.46. The zero-order chi connectivity index (χ0) is 25.0. The summed E-state index contributed by atoms with van der Waals surface area (Å²) in [5, 5.41) is 3.61. The van der Waals surface area contributed by atoms with Crippen molar-refractivity contribution in [1.82, 2.24) is 10.2 Å². The molecule has 0 saturated carbocycles. The second-order valence-corrected chi connectivity index (χ2v) is 9.17. The molecular formula is C30H35ClN2O2. The van der Waals surface area contributed by atoms with Gasteiger partial charge in [-0.15, -0.1) is 0 Å². The number of halogens is 1. The highest BCUT2D eigenvalue weighted by atomic mass is 35.5. The minimum atomic E-state index is -0.567. The predicted octanol–water partition coefficient (Wildman–Crippen LogP) is 6.59. The molecule has 2 amide bonds. The number of hydrogen-bond donors (Lipinski definition) is 1. The van der Waals surface area contributed by atoms with Crippen LogP contribution in [0.15, 0.2) is 84.9 Å². The summed E-state index contributed by atoms with van der Waals surface area (Å²) in [6, 6.07) is 27.1. The van der Waals surface area contributed by atoms with Gasteiger partial charge in [-0.05, 0) is 35.6 Å². The van der Waals surface area contributed by atoms with E-state index in [1.165, 1.54) is 0 Å². The molecule has 0 radical (unpaired) electrons. The quantitative estimate of drug-likeness (QED) is 0.291. The van der Waals surface area contributed by atoms with Crippen molar-refractivity contribution in [3.8, 4) is 0 Å². The van der Waals surface area contributed by atoms with Crippen LogP contribution in [0.2, 0.25) is 5.02 Å². The second kappa shape index (κ2) is 13.7. The highest BCUT2D eigenvalue weighted by Crippen LogP contribution is 2.30. The van der Waals surface area contributed by atoms with Crippen LogP contribution in [0.5, 0.6) is 0 Å². The Morgan fingerprint density at radius 1 is 0.857 bits per heavy atom. The van der Waals surface area contributed by atoms with E-state index in [-0.39, 0.29) is 30.7 Å². The fourth-order valence-electron chi connectivity index (χ4n) is 4.33. The van der Waals surface area contributed by atoms with Crippen LogP contribution in [0.4, 0.5) is 0 Å². The number of benzene rings is 3. The van der Waals surface area contributed by atoms with E-state index in [1.54, 1.807) is 4.90 Å². The van der Waals surface area contributed by atoms with Gasteiger partial charge in [0.1, 0.15) is 6.04 Å². The standard InChI is InChI=1S/C30H35ClN2O2/c1-3-5-20-32-30(35)28(4-2)33(22-25-18-12-13-19-27(25)31)29(34)21-26(23-14-8-6-9-15-23)24-16-10-7-11-17-24/h6-19,26,28H,3-5,20-22H2,1-2H3,(H,32,35). The Balaban J connectivity index is 1.93. The molecule has 0 aliphatic carbocycles. The van der Waals surface area contributed by atoms with Gasteiger partial charge >= 0.3 is 0 Å². The Kier molecular flexibility index (Phi) is 10.4. The minimum absolute atomic E-state index is 0.0693. The summed E-state index contributed by atoms with van der Waals surface area (Å²) in [5.41, 5.74) is 2.98. The zero-order valence-electron chi connectivity index (χ0n) is 20.6. The van der Waals surface area contributed by atoms with Gasteiger partial charge in [0.15, 0.2) is 0 Å². The summed E-state index contributed by atoms with van der Waals surface area (Å²) in [5.74, 6) is -0.295. The molecule has 0 aromatic heterocycles. The molecule has 1 atom stereocenters. The maximum atomic E-state index is 14.0. The molecular weight excluding hydrogens is 456 g/mol. The third kappa shape index (κ3) is 7.43. The molecule has 0 bridgehead atoms. The van der Waals surface area contributed by atoms with E-state index in [2.05, 4.69) is 36.5 Å². The average Bonchev–Trinajstić information content (AvgIpc) is 2.89. The number of unbranched alkanes of at least 4 members (excludes halogenated alkanes) is 1. The second-order valence-electron chi connectivity index (χ2n) is 8.76. The largest absolute Gasteiger partial charge is 0.354 e. The van der Waals surface area contributed by atoms with Crippen molar-refractivity contribution in [1.29, 1.82) is 0 Å². The molecule has 1 N–H and O–H groups in total. The van der Waals surface area contributed by atoms with Crippen molar-refractivity contribution in [3.05, 3.63) is 107 Å². The van der Waals surface area contributed by atoms with Crippen molar-refractivity contribution in [2.45, 2.75) is 58.0 Å². The monoisotopic (exact) mass is 490 g/mol. The van der Waals surface area contributed by atoms with E-state index < -0.39 is 6.04 Å². The summed E-state index contributed by atoms with van der Waals surface area (Å²) in [6.07, 6.45) is 2.69. The van der Waals surface area contributed by atoms with Gasteiger partial charge in [0.2, 0.25) is 11.8 Å². The fraction of sp³-hybridized carbons (Fsp3) is 0.333. The average molecular weight is 491 g/mol. The summed E-state index contributed by atoms with van der Waals surface area (Å²) in [4.78, 5) is 28.8. The molecule has 5 heteroatoms. The number of nitrogens with zero attached hydrogens (tertiary/aromatic N) is 1. The lowest BCUT2D eigenvalue weighted by molar-refractivity contribution is -0.141. The highest BCUT2D eigenvalue weighted by molar-refractivity contribution is 6.31. The van der Waals surface area contributed by atoms with Crippen LogP contribution in [0.25, 0.3) is 0 Å². The van der Waals surface area contributed by atoms with Gasteiger partial charge < -0.3 is 10.2 Å². The smallest absolute Gasteiger partial charge is 0.242 e. The number of rotatable bonds is 12. The fourth-order valence-corrected chi connectivity index (χ4v) is 4.52. The Morgan fingerprint density at radius 2 is 1.43 bits per heavy atom. The summed E-state index contributed by atoms with van der Waals surface area (Å²) in [6.45, 7) is 4.93. The molecule has 3 rings (SSSR count). The first-order valence-corrected chi connectivity index (χ1v) is 12.8. The number of carbonyl (C=O) groups is 2. The lowest BCUT2D eigenvalue weighted by Crippen LogP contribution is -2.49. The maximum absolute atomic E-state index is 14.0. The molecule has 0 heterocycles. The van der Waals surface area contributed by atoms with E-state index in [0.717, 1.165) is 29.5 Å². The van der Waals surface area contributed by atoms with Crippen LogP contribution in [0.3, 0.4) is 0 Å². The van der Waals surface area contributed by atoms with Crippen molar-refractivity contribution >= 4 is 23.4 Å². The summed E-state index contributed by atoms with van der Waals surface area (Å²) < 4.78 is 0. The molecule has 184 valence electrons. The molecule has 0 fully saturated rings. The number of nitrogens with one attached hydrogen (secondary N) is 1. The van der Waals surface area contributed by atoms with Gasteiger partial charge in [-0.1, -0.05) is 111 Å². The molecule has 35 heavy (non-hydrogen) atoms. The normalized spacial score (nSPS) is 11.8. The summed E-state index contributed by atoms with van der Waals surface area (Å²) in [7, 11) is 0. The minimum Gasteiger partial charge on any atom is -0.354 e. The van der Waals surface area contributed by atoms with Crippen LogP contribution in [0.1, 0.15) is 62.1 Å². The molecule has 0 spiro atoms. The van der Waals surface area contributed by atoms with Gasteiger partial charge in [0.05, 0.1) is 0 Å². The Bertz CT molecular complexity index is 1030. The Hall–Kier alpha value is -3.11. The number of carbonyl (C=O) groups excluding carboxylic acids is 2. The van der Waals surface area contributed by atoms with Crippen LogP contribution in [-0.4, -0.2) is 29.3 Å². The van der Waals surface area contributed by atoms with Crippen LogP contribution in [0, 0.1) is 0 Å². The lowest BCUT2D eigenvalue weighted by Gasteiger charge is -2.32. The van der Waals surface area contributed by atoms with Gasteiger partial charge in [0, 0.05) is 30.5 Å². The SMILES string of the molecule is CCCCNC(=O)C(CC)N(Cc1ccccc1Cl)C(=O)CC(c1ccccc1)c1ccccc1. The highest BCUT2D eigenvalue weighted by Gasteiger charge is 2.31. The first-order valence-electron chi connectivity index (χ1n) is 12.5. The molecule has 3 aromatic carbocycles. The third-order valence-corrected chi connectivity index (χ3v) is 6.67. The van der Waals surface area contributed by atoms with Crippen molar-refractivity contribution in [2.75, 3.05) is 6.54 Å². The van der Waals surface area contributed by atoms with Crippen LogP contribution < -0.4 is 5.32 Å². The lowest BCUT2D eigenvalue weighted by atomic mass is 9.88. The van der Waals surface area contributed by atoms with E-state index in [0.29, 0.717) is 18.0 Å². The van der Waals surface area contributed by atoms with Crippen LogP contribution >= 0.6 is 11.6 Å². The predicted molar refractivity (Wildman–Crippen MR) is 143 cm³/mol. The van der Waals surface area contributed by atoms with E-state index in [9.17, 15) is 9.59 Å². The van der Waals surface area contributed by atoms with E-state index in [1.807, 2.05) is 67.6 Å². The zero-order valence-corrected chi connectivity index (χ0v) is 21.4. The molecule has 4 nitrogen and oxygen atoms in total. The van der Waals surface area contributed by atoms with Gasteiger partial charge in [-0.3, -0.25) is 9.59 Å². The topological polar surface area (TPSA) is 49.4 Å². The first-order chi connectivity index (χ1) is 17.0. The molecule has 3 aromatic rings. The third-order valence-electron chi connectivity index (χ3n) is 6.30. The Labute approximate surface area is 214 Å². The van der Waals surface area contributed by atoms with Crippen molar-refractivity contribution < 1.29 is 9.59 Å².